The largest absolute Gasteiger partial charge is 0.337 e. The molecule has 0 aromatic heterocycles. The zero-order valence-electron chi connectivity index (χ0n) is 15.4. The van der Waals surface area contributed by atoms with Crippen LogP contribution >= 0.6 is 0 Å². The second kappa shape index (κ2) is 8.65. The van der Waals surface area contributed by atoms with Crippen molar-refractivity contribution in [2.45, 2.75) is 6.54 Å². The van der Waals surface area contributed by atoms with Gasteiger partial charge in [0.05, 0.1) is 11.6 Å². The SMILES string of the molecule is CN(Cc1ccccc1)C(=O)c1ccc(C(=O)Nc2cccc(C#N)c2)cc1. The molecule has 5 heteroatoms. The first kappa shape index (κ1) is 18.9. The molecule has 0 spiro atoms. The molecule has 0 aliphatic carbocycles. The van der Waals surface area contributed by atoms with Gasteiger partial charge in [0.15, 0.2) is 0 Å². The van der Waals surface area contributed by atoms with Crippen molar-refractivity contribution in [3.8, 4) is 6.07 Å². The van der Waals surface area contributed by atoms with E-state index in [2.05, 4.69) is 5.32 Å². The number of amides is 2. The van der Waals surface area contributed by atoms with Crippen molar-refractivity contribution in [3.63, 3.8) is 0 Å². The Morgan fingerprint density at radius 1 is 0.929 bits per heavy atom. The minimum Gasteiger partial charge on any atom is -0.337 e. The first-order chi connectivity index (χ1) is 13.6. The van der Waals surface area contributed by atoms with Crippen LogP contribution in [0.5, 0.6) is 0 Å². The molecule has 0 saturated carbocycles. The molecular weight excluding hydrogens is 350 g/mol. The monoisotopic (exact) mass is 369 g/mol. The van der Waals surface area contributed by atoms with E-state index in [-0.39, 0.29) is 11.8 Å². The average Bonchev–Trinajstić information content (AvgIpc) is 2.74. The highest BCUT2D eigenvalue weighted by atomic mass is 16.2. The van der Waals surface area contributed by atoms with Gasteiger partial charge in [-0.25, -0.2) is 0 Å². The normalized spacial score (nSPS) is 10.0. The summed E-state index contributed by atoms with van der Waals surface area (Å²) in [5.74, 6) is -0.413. The molecule has 5 nitrogen and oxygen atoms in total. The van der Waals surface area contributed by atoms with E-state index in [1.54, 1.807) is 60.5 Å². The summed E-state index contributed by atoms with van der Waals surface area (Å²) in [6.07, 6.45) is 0. The third kappa shape index (κ3) is 4.63. The maximum absolute atomic E-state index is 12.6. The summed E-state index contributed by atoms with van der Waals surface area (Å²) in [7, 11) is 1.75. The number of hydrogen-bond acceptors (Lipinski definition) is 3. The molecule has 0 radical (unpaired) electrons. The maximum Gasteiger partial charge on any atom is 0.255 e. The Labute approximate surface area is 163 Å². The number of rotatable bonds is 5. The van der Waals surface area contributed by atoms with Crippen LogP contribution in [0.2, 0.25) is 0 Å². The van der Waals surface area contributed by atoms with Crippen molar-refractivity contribution in [2.75, 3.05) is 12.4 Å². The quantitative estimate of drug-likeness (QED) is 0.736. The Bertz CT molecular complexity index is 1020. The number of nitriles is 1. The fraction of sp³-hybridized carbons (Fsp3) is 0.0870. The Kier molecular flexibility index (Phi) is 5.83. The van der Waals surface area contributed by atoms with Crippen LogP contribution in [0.25, 0.3) is 0 Å². The molecule has 0 unspecified atom stereocenters. The third-order valence-corrected chi connectivity index (χ3v) is 4.25. The van der Waals surface area contributed by atoms with E-state index in [1.807, 2.05) is 36.4 Å². The van der Waals surface area contributed by atoms with Crippen molar-refractivity contribution in [1.29, 1.82) is 5.26 Å². The first-order valence-electron chi connectivity index (χ1n) is 8.78. The van der Waals surface area contributed by atoms with Crippen molar-refractivity contribution in [2.24, 2.45) is 0 Å². The molecule has 1 N–H and O–H groups in total. The van der Waals surface area contributed by atoms with Crippen LogP contribution in [0.3, 0.4) is 0 Å². The molecular formula is C23H19N3O2. The van der Waals surface area contributed by atoms with Gasteiger partial charge in [-0.2, -0.15) is 5.26 Å². The molecule has 0 atom stereocenters. The van der Waals surface area contributed by atoms with Gasteiger partial charge in [0.25, 0.3) is 11.8 Å². The predicted molar refractivity (Wildman–Crippen MR) is 108 cm³/mol. The Morgan fingerprint density at radius 2 is 1.61 bits per heavy atom. The summed E-state index contributed by atoms with van der Waals surface area (Å²) >= 11 is 0. The van der Waals surface area contributed by atoms with Gasteiger partial charge in [0, 0.05) is 30.4 Å². The molecule has 0 bridgehead atoms. The van der Waals surface area contributed by atoms with E-state index < -0.39 is 0 Å². The van der Waals surface area contributed by atoms with Gasteiger partial charge in [-0.3, -0.25) is 9.59 Å². The summed E-state index contributed by atoms with van der Waals surface area (Å²) < 4.78 is 0. The van der Waals surface area contributed by atoms with Crippen molar-refractivity contribution >= 4 is 17.5 Å². The summed E-state index contributed by atoms with van der Waals surface area (Å²) in [5.41, 5.74) is 3.02. The number of benzene rings is 3. The number of anilines is 1. The third-order valence-electron chi connectivity index (χ3n) is 4.25. The first-order valence-corrected chi connectivity index (χ1v) is 8.78. The van der Waals surface area contributed by atoms with Gasteiger partial charge in [-0.15, -0.1) is 0 Å². The molecule has 0 saturated heterocycles. The van der Waals surface area contributed by atoms with E-state index in [1.165, 1.54) is 0 Å². The summed E-state index contributed by atoms with van der Waals surface area (Å²) in [5, 5.41) is 11.7. The fourth-order valence-corrected chi connectivity index (χ4v) is 2.78. The summed E-state index contributed by atoms with van der Waals surface area (Å²) in [6.45, 7) is 0.511. The lowest BCUT2D eigenvalue weighted by Crippen LogP contribution is -2.26. The second-order valence-corrected chi connectivity index (χ2v) is 6.37. The minimum atomic E-state index is -0.299. The zero-order chi connectivity index (χ0) is 19.9. The Morgan fingerprint density at radius 3 is 2.29 bits per heavy atom. The molecule has 0 heterocycles. The second-order valence-electron chi connectivity index (χ2n) is 6.37. The van der Waals surface area contributed by atoms with Crippen LogP contribution < -0.4 is 5.32 Å². The van der Waals surface area contributed by atoms with E-state index in [4.69, 9.17) is 5.26 Å². The lowest BCUT2D eigenvalue weighted by Gasteiger charge is -2.17. The topological polar surface area (TPSA) is 73.2 Å². The lowest BCUT2D eigenvalue weighted by atomic mass is 10.1. The van der Waals surface area contributed by atoms with Crippen LogP contribution in [0.15, 0.2) is 78.9 Å². The average molecular weight is 369 g/mol. The molecule has 28 heavy (non-hydrogen) atoms. The van der Waals surface area contributed by atoms with Crippen LogP contribution in [-0.2, 0) is 6.54 Å². The highest BCUT2D eigenvalue weighted by Gasteiger charge is 2.13. The Hall–Kier alpha value is -3.91. The van der Waals surface area contributed by atoms with E-state index in [0.29, 0.717) is 28.9 Å². The van der Waals surface area contributed by atoms with Crippen molar-refractivity contribution in [3.05, 3.63) is 101 Å². The highest BCUT2D eigenvalue weighted by Crippen LogP contribution is 2.14. The Balaban J connectivity index is 1.66. The van der Waals surface area contributed by atoms with E-state index >= 15 is 0 Å². The summed E-state index contributed by atoms with van der Waals surface area (Å²) in [4.78, 5) is 26.6. The fourth-order valence-electron chi connectivity index (χ4n) is 2.78. The van der Waals surface area contributed by atoms with E-state index in [9.17, 15) is 9.59 Å². The number of nitrogens with zero attached hydrogens (tertiary/aromatic N) is 2. The van der Waals surface area contributed by atoms with Crippen LogP contribution in [0.1, 0.15) is 31.8 Å². The lowest BCUT2D eigenvalue weighted by molar-refractivity contribution is 0.0784. The number of hydrogen-bond donors (Lipinski definition) is 1. The van der Waals surface area contributed by atoms with Crippen LogP contribution in [0.4, 0.5) is 5.69 Å². The molecule has 138 valence electrons. The van der Waals surface area contributed by atoms with Gasteiger partial charge in [0.2, 0.25) is 0 Å². The van der Waals surface area contributed by atoms with E-state index in [0.717, 1.165) is 5.56 Å². The maximum atomic E-state index is 12.6. The minimum absolute atomic E-state index is 0.113. The standard InChI is InChI=1S/C23H19N3O2/c1-26(16-17-6-3-2-4-7-17)23(28)20-12-10-19(11-13-20)22(27)25-21-9-5-8-18(14-21)15-24/h2-14H,16H2,1H3,(H,25,27). The van der Waals surface area contributed by atoms with Gasteiger partial charge in [-0.1, -0.05) is 36.4 Å². The number of nitrogens with one attached hydrogen (secondary N) is 1. The smallest absolute Gasteiger partial charge is 0.255 e. The van der Waals surface area contributed by atoms with Crippen LogP contribution in [0, 0.1) is 11.3 Å². The molecule has 3 aromatic carbocycles. The van der Waals surface area contributed by atoms with Gasteiger partial charge in [0.1, 0.15) is 0 Å². The zero-order valence-corrected chi connectivity index (χ0v) is 15.4. The van der Waals surface area contributed by atoms with Gasteiger partial charge in [-0.05, 0) is 48.0 Å². The van der Waals surface area contributed by atoms with Gasteiger partial charge < -0.3 is 10.2 Å². The molecule has 0 aliphatic heterocycles. The summed E-state index contributed by atoms with van der Waals surface area (Å²) in [6, 6.07) is 25.0. The predicted octanol–water partition coefficient (Wildman–Crippen LogP) is 4.08. The molecule has 2 amide bonds. The number of carbonyl (C=O) groups excluding carboxylic acids is 2. The molecule has 3 rings (SSSR count). The molecule has 0 aliphatic rings. The number of carbonyl (C=O) groups is 2. The van der Waals surface area contributed by atoms with Crippen molar-refractivity contribution < 1.29 is 9.59 Å². The van der Waals surface area contributed by atoms with Gasteiger partial charge >= 0.3 is 0 Å². The highest BCUT2D eigenvalue weighted by molar-refractivity contribution is 6.05. The molecule has 0 fully saturated rings. The molecule has 3 aromatic rings. The van der Waals surface area contributed by atoms with Crippen molar-refractivity contribution in [1.82, 2.24) is 4.90 Å². The van der Waals surface area contributed by atoms with Crippen LogP contribution in [-0.4, -0.2) is 23.8 Å².